The summed E-state index contributed by atoms with van der Waals surface area (Å²) in [6.07, 6.45) is 0. The lowest BCUT2D eigenvalue weighted by molar-refractivity contribution is 0.355. The van der Waals surface area contributed by atoms with Crippen molar-refractivity contribution in [3.05, 3.63) is 33.8 Å². The largest absolute Gasteiger partial charge is 0.493 e. The molecule has 0 amide bonds. The van der Waals surface area contributed by atoms with Crippen LogP contribution in [0.3, 0.4) is 0 Å². The van der Waals surface area contributed by atoms with Crippen LogP contribution < -0.4 is 9.47 Å². The molecule has 0 radical (unpaired) electrons. The van der Waals surface area contributed by atoms with Crippen LogP contribution in [-0.4, -0.2) is 39.4 Å². The fourth-order valence-corrected chi connectivity index (χ4v) is 3.16. The molecule has 0 bridgehead atoms. The van der Waals surface area contributed by atoms with Crippen molar-refractivity contribution in [2.45, 2.75) is 20.4 Å². The van der Waals surface area contributed by atoms with Gasteiger partial charge in [-0.05, 0) is 37.3 Å². The quantitative estimate of drug-likeness (QED) is 0.715. The minimum atomic E-state index is 0.546. The highest BCUT2D eigenvalue weighted by Gasteiger charge is 2.12. The zero-order valence-electron chi connectivity index (χ0n) is 13.4. The van der Waals surface area contributed by atoms with Crippen LogP contribution in [0, 0.1) is 13.8 Å². The lowest BCUT2D eigenvalue weighted by Gasteiger charge is -2.07. The molecule has 0 aliphatic heterocycles. The number of aryl methyl sites for hydroxylation is 2. The Bertz CT molecular complexity index is 827. The first-order valence-corrected chi connectivity index (χ1v) is 7.85. The number of hydrogen-bond donors (Lipinski definition) is 0. The molecule has 0 saturated carbocycles. The van der Waals surface area contributed by atoms with E-state index in [1.165, 1.54) is 0 Å². The third kappa shape index (κ3) is 3.16. The number of nitrogens with zero attached hydrogens (tertiary/aromatic N) is 5. The second-order valence-corrected chi connectivity index (χ2v) is 6.24. The third-order valence-electron chi connectivity index (χ3n) is 3.38. The minimum absolute atomic E-state index is 0.546. The van der Waals surface area contributed by atoms with Gasteiger partial charge in [0.25, 0.3) is 0 Å². The van der Waals surface area contributed by atoms with Crippen molar-refractivity contribution in [3.8, 4) is 22.9 Å². The van der Waals surface area contributed by atoms with Crippen molar-refractivity contribution in [2.75, 3.05) is 14.2 Å². The highest BCUT2D eigenvalue weighted by Crippen LogP contribution is 2.30. The summed E-state index contributed by atoms with van der Waals surface area (Å²) in [5.74, 6) is 1.85. The summed E-state index contributed by atoms with van der Waals surface area (Å²) in [5.41, 5.74) is 1.84. The van der Waals surface area contributed by atoms with Crippen molar-refractivity contribution in [3.63, 3.8) is 0 Å². The van der Waals surface area contributed by atoms with Gasteiger partial charge >= 0.3 is 0 Å². The zero-order chi connectivity index (χ0) is 16.4. The first-order valence-electron chi connectivity index (χ1n) is 7.04. The zero-order valence-corrected chi connectivity index (χ0v) is 14.2. The van der Waals surface area contributed by atoms with E-state index >= 15 is 0 Å². The van der Waals surface area contributed by atoms with E-state index in [4.69, 9.17) is 9.47 Å². The normalized spacial score (nSPS) is 10.8. The van der Waals surface area contributed by atoms with Crippen LogP contribution in [0.4, 0.5) is 0 Å². The smallest absolute Gasteiger partial charge is 0.205 e. The molecule has 0 spiro atoms. The first-order chi connectivity index (χ1) is 11.1. The number of ether oxygens (including phenoxy) is 2. The van der Waals surface area contributed by atoms with E-state index in [0.29, 0.717) is 23.9 Å². The van der Waals surface area contributed by atoms with Gasteiger partial charge in [-0.25, -0.2) is 4.98 Å². The lowest BCUT2D eigenvalue weighted by atomic mass is 10.2. The first kappa shape index (κ1) is 15.4. The topological polar surface area (TPSA) is 75.0 Å². The predicted octanol–water partition coefficient (Wildman–Crippen LogP) is 2.48. The summed E-state index contributed by atoms with van der Waals surface area (Å²) in [6, 6.07) is 5.54. The average Bonchev–Trinajstić information content (AvgIpc) is 3.13. The maximum absolute atomic E-state index is 5.30. The average molecular weight is 331 g/mol. The summed E-state index contributed by atoms with van der Waals surface area (Å²) >= 11 is 1.65. The third-order valence-corrected chi connectivity index (χ3v) is 4.44. The Kier molecular flexibility index (Phi) is 4.24. The van der Waals surface area contributed by atoms with Crippen LogP contribution in [0.25, 0.3) is 11.4 Å². The van der Waals surface area contributed by atoms with Gasteiger partial charge in [0.05, 0.1) is 36.3 Å². The van der Waals surface area contributed by atoms with E-state index in [2.05, 4.69) is 20.4 Å². The number of methoxy groups -OCH3 is 2. The number of aromatic nitrogens is 5. The molecule has 1 aromatic carbocycles. The van der Waals surface area contributed by atoms with Gasteiger partial charge in [-0.2, -0.15) is 4.80 Å². The van der Waals surface area contributed by atoms with Gasteiger partial charge in [0.15, 0.2) is 11.5 Å². The maximum atomic E-state index is 5.30. The summed E-state index contributed by atoms with van der Waals surface area (Å²) in [4.78, 5) is 7.13. The molecule has 0 saturated heterocycles. The van der Waals surface area contributed by atoms with Gasteiger partial charge in [0.2, 0.25) is 5.82 Å². The molecule has 3 aromatic rings. The van der Waals surface area contributed by atoms with Crippen molar-refractivity contribution < 1.29 is 9.47 Å². The van der Waals surface area contributed by atoms with E-state index in [1.54, 1.807) is 30.4 Å². The van der Waals surface area contributed by atoms with Gasteiger partial charge in [0, 0.05) is 5.56 Å². The fraction of sp³-hybridized carbons (Fsp3) is 0.333. The molecule has 7 nitrogen and oxygen atoms in total. The molecular formula is C15H17N5O2S. The van der Waals surface area contributed by atoms with E-state index < -0.39 is 0 Å². The van der Waals surface area contributed by atoms with E-state index in [-0.39, 0.29) is 0 Å². The van der Waals surface area contributed by atoms with Crippen LogP contribution in [-0.2, 0) is 6.54 Å². The molecule has 2 heterocycles. The molecule has 3 rings (SSSR count). The second kappa shape index (κ2) is 6.33. The Morgan fingerprint density at radius 2 is 1.91 bits per heavy atom. The molecule has 0 unspecified atom stereocenters. The minimum Gasteiger partial charge on any atom is -0.493 e. The molecule has 120 valence electrons. The van der Waals surface area contributed by atoms with Gasteiger partial charge in [-0.3, -0.25) is 0 Å². The highest BCUT2D eigenvalue weighted by atomic mass is 32.1. The van der Waals surface area contributed by atoms with Crippen molar-refractivity contribution in [1.82, 2.24) is 25.2 Å². The monoisotopic (exact) mass is 331 g/mol. The van der Waals surface area contributed by atoms with Crippen molar-refractivity contribution in [1.29, 1.82) is 0 Å². The summed E-state index contributed by atoms with van der Waals surface area (Å²) < 4.78 is 10.5. The Morgan fingerprint density at radius 1 is 1.13 bits per heavy atom. The number of tetrazole rings is 1. The Hall–Kier alpha value is -2.48. The molecule has 2 aromatic heterocycles. The van der Waals surface area contributed by atoms with Crippen molar-refractivity contribution in [2.24, 2.45) is 0 Å². The summed E-state index contributed by atoms with van der Waals surface area (Å²) in [6.45, 7) is 4.55. The fourth-order valence-electron chi connectivity index (χ4n) is 2.25. The van der Waals surface area contributed by atoms with Gasteiger partial charge in [-0.1, -0.05) is 0 Å². The SMILES string of the molecule is COc1ccc(-c2nnn(Cc3sc(C)nc3C)n2)cc1OC. The molecular weight excluding hydrogens is 314 g/mol. The van der Waals surface area contributed by atoms with Crippen LogP contribution in [0.15, 0.2) is 18.2 Å². The number of benzene rings is 1. The number of rotatable bonds is 5. The highest BCUT2D eigenvalue weighted by molar-refractivity contribution is 7.11. The van der Waals surface area contributed by atoms with E-state index in [9.17, 15) is 0 Å². The van der Waals surface area contributed by atoms with Crippen LogP contribution in [0.2, 0.25) is 0 Å². The molecule has 0 fully saturated rings. The summed E-state index contributed by atoms with van der Waals surface area (Å²) in [5, 5.41) is 13.7. The Morgan fingerprint density at radius 3 is 2.57 bits per heavy atom. The van der Waals surface area contributed by atoms with Gasteiger partial charge in [0.1, 0.15) is 0 Å². The van der Waals surface area contributed by atoms with Crippen molar-refractivity contribution >= 4 is 11.3 Å². The predicted molar refractivity (Wildman–Crippen MR) is 87.0 cm³/mol. The van der Waals surface area contributed by atoms with Crippen LogP contribution in [0.1, 0.15) is 15.6 Å². The molecule has 8 heteroatoms. The standard InChI is InChI=1S/C15H17N5O2S/c1-9-14(23-10(2)16-9)8-20-18-15(17-19-20)11-5-6-12(21-3)13(7-11)22-4/h5-7H,8H2,1-4H3. The Balaban J connectivity index is 1.85. The van der Waals surface area contributed by atoms with Gasteiger partial charge in [-0.15, -0.1) is 21.5 Å². The number of thiazole rings is 1. The summed E-state index contributed by atoms with van der Waals surface area (Å²) in [7, 11) is 3.20. The van der Waals surface area contributed by atoms with Gasteiger partial charge < -0.3 is 9.47 Å². The maximum Gasteiger partial charge on any atom is 0.205 e. The second-order valence-electron chi connectivity index (χ2n) is 4.95. The molecule has 0 atom stereocenters. The molecule has 0 aliphatic carbocycles. The van der Waals surface area contributed by atoms with E-state index in [0.717, 1.165) is 21.1 Å². The van der Waals surface area contributed by atoms with Crippen LogP contribution >= 0.6 is 11.3 Å². The molecule has 0 N–H and O–H groups in total. The number of hydrogen-bond acceptors (Lipinski definition) is 7. The van der Waals surface area contributed by atoms with Crippen LogP contribution in [0.5, 0.6) is 11.5 Å². The Labute approximate surface area is 137 Å². The van der Waals surface area contributed by atoms with E-state index in [1.807, 2.05) is 32.0 Å². The molecule has 23 heavy (non-hydrogen) atoms. The lowest BCUT2D eigenvalue weighted by Crippen LogP contribution is -2.03. The molecule has 0 aliphatic rings.